The highest BCUT2D eigenvalue weighted by molar-refractivity contribution is 9.08. The molecule has 0 aliphatic heterocycles. The van der Waals surface area contributed by atoms with Gasteiger partial charge in [0.1, 0.15) is 0 Å². The molecule has 12 aromatic rings. The SMILES string of the molecule is C.C.CCOC(=O)c1ccccc1CBr.CCOC(=O)c1ccccc1Cc1ccc2[nH]ccc2c1.CNC(=O)c1ccccc1Cc1ccc2[nH]ccc2c1.CNCc1ccccc1Cc1ccc2[nH]ccc2c1.Cl.OB(O)c1ccc2[nH]ccc2c1.[B]. The van der Waals surface area contributed by atoms with Crippen molar-refractivity contribution < 1.29 is 33.9 Å². The molecular weight excluding hydrogens is 1200 g/mol. The summed E-state index contributed by atoms with van der Waals surface area (Å²) < 4.78 is 10.0. The Hall–Kier alpha value is -8.89. The Morgan fingerprint density at radius 2 is 0.809 bits per heavy atom. The summed E-state index contributed by atoms with van der Waals surface area (Å²) in [4.78, 5) is 47.9. The number of aromatic amines is 4. The van der Waals surface area contributed by atoms with Crippen molar-refractivity contribution in [2.45, 2.75) is 59.8 Å². The third-order valence-corrected chi connectivity index (χ3v) is 14.7. The Kier molecular flexibility index (Phi) is 30.2. The fraction of sp³-hybridized carbons (Fsp3) is 0.181. The number of hydrogen-bond acceptors (Lipinski definition) is 8. The van der Waals surface area contributed by atoms with Gasteiger partial charge in [-0.25, -0.2) is 9.59 Å². The highest BCUT2D eigenvalue weighted by atomic mass is 79.9. The minimum absolute atomic E-state index is 0. The van der Waals surface area contributed by atoms with E-state index in [1.807, 2.05) is 118 Å². The number of rotatable bonds is 15. The molecule has 0 aliphatic rings. The molecule has 0 unspecified atom stereocenters. The van der Waals surface area contributed by atoms with Crippen LogP contribution >= 0.6 is 28.3 Å². The first-order valence-electron chi connectivity index (χ1n) is 28.2. The van der Waals surface area contributed by atoms with Crippen LogP contribution in [0.25, 0.3) is 43.6 Å². The number of benzene rings is 8. The number of alkyl halides is 1. The second-order valence-corrected chi connectivity index (χ2v) is 20.4. The quantitative estimate of drug-likeness (QED) is 0.0282. The van der Waals surface area contributed by atoms with E-state index in [0.29, 0.717) is 35.1 Å². The zero-order chi connectivity index (χ0) is 59.9. The molecule has 12 rings (SSSR count). The Bertz CT molecular complexity index is 4120. The van der Waals surface area contributed by atoms with Crippen LogP contribution in [0.3, 0.4) is 0 Å². The second kappa shape index (κ2) is 37.1. The number of carbonyl (C=O) groups is 3. The van der Waals surface area contributed by atoms with Gasteiger partial charge in [0.25, 0.3) is 5.91 Å². The molecule has 13 nitrogen and oxygen atoms in total. The van der Waals surface area contributed by atoms with Crippen molar-refractivity contribution in [3.8, 4) is 0 Å². The van der Waals surface area contributed by atoms with E-state index in [9.17, 15) is 14.4 Å². The smallest absolute Gasteiger partial charge is 0.462 e. The first-order chi connectivity index (χ1) is 41.5. The standard InChI is InChI=1S/C18H17NO2.C17H16N2O.C17H18N2.C10H11BrO2.C8H8BNO2.2CH4.B.ClH/c1-2-21-18(20)16-6-4-3-5-14(16)11-13-7-8-17-15(12-13)9-10-19-17;1-18-17(20)15-5-3-2-4-13(15)10-12-6-7-16-14(11-12)8-9-19-16;1-18-12-16-5-3-2-4-14(16)10-13-6-7-17-15(11-13)8-9-19-17;1-2-13-10(12)9-6-4-3-5-8(9)7-11;11-9(12)7-1-2-8-6(5-7)3-4-10-8;;;;/h3-10,12,19H,2,11H2,1H3;2-9,11,19H,10H2,1H3,(H,18,20);2-9,11,18-19H,10,12H2,1H3;3-6H,2,7H2,1H3;1-5,10-12H;2*1H4;;1H. The largest absolute Gasteiger partial charge is 0.488 e. The summed E-state index contributed by atoms with van der Waals surface area (Å²) in [6.45, 7) is 5.34. The third kappa shape index (κ3) is 20.3. The summed E-state index contributed by atoms with van der Waals surface area (Å²) in [7, 11) is 2.26. The summed E-state index contributed by atoms with van der Waals surface area (Å²) in [5.41, 5.74) is 16.5. The highest BCUT2D eigenvalue weighted by Crippen LogP contribution is 2.23. The number of nitrogens with one attached hydrogen (secondary N) is 6. The molecule has 0 atom stereocenters. The minimum atomic E-state index is -1.38. The molecule has 0 fully saturated rings. The molecule has 0 spiro atoms. The lowest BCUT2D eigenvalue weighted by atomic mass is 9.80. The number of carbonyl (C=O) groups excluding carboxylic acids is 3. The van der Waals surface area contributed by atoms with Crippen LogP contribution in [0.5, 0.6) is 0 Å². The Morgan fingerprint density at radius 3 is 1.21 bits per heavy atom. The van der Waals surface area contributed by atoms with Gasteiger partial charge < -0.3 is 50.1 Å². The van der Waals surface area contributed by atoms with Crippen molar-refractivity contribution in [3.05, 3.63) is 280 Å². The van der Waals surface area contributed by atoms with Crippen LogP contribution in [0, 0.1) is 0 Å². The molecule has 4 heterocycles. The molecule has 0 bridgehead atoms. The number of fused-ring (bicyclic) bond motifs is 4. The predicted molar refractivity (Wildman–Crippen MR) is 374 cm³/mol. The normalized spacial score (nSPS) is 10.1. The Balaban J connectivity index is 0.000000239. The number of aromatic nitrogens is 4. The molecular formula is C72H79B2BrClN6O7. The molecule has 0 saturated carbocycles. The third-order valence-electron chi connectivity index (χ3n) is 14.1. The summed E-state index contributed by atoms with van der Waals surface area (Å²) in [6, 6.07) is 64.0. The van der Waals surface area contributed by atoms with Crippen LogP contribution in [-0.4, -0.2) is 90.7 Å². The molecule has 8 N–H and O–H groups in total. The average Bonchev–Trinajstić information content (AvgIpc) is 4.56. The number of esters is 2. The molecule has 0 saturated heterocycles. The lowest BCUT2D eigenvalue weighted by Crippen LogP contribution is -2.29. The number of hydrogen-bond donors (Lipinski definition) is 8. The first kappa shape index (κ1) is 72.6. The summed E-state index contributed by atoms with van der Waals surface area (Å²) in [5, 5.41) is 29.0. The van der Waals surface area contributed by atoms with Crippen LogP contribution in [0.1, 0.15) is 104 Å². The number of halogens is 2. The van der Waals surface area contributed by atoms with Gasteiger partial charge in [0.05, 0.1) is 24.3 Å². The Labute approximate surface area is 539 Å². The van der Waals surface area contributed by atoms with Gasteiger partial charge in [0.2, 0.25) is 0 Å². The van der Waals surface area contributed by atoms with Gasteiger partial charge >= 0.3 is 19.1 Å². The maximum atomic E-state index is 12.0. The van der Waals surface area contributed by atoms with Gasteiger partial charge in [-0.15, -0.1) is 12.4 Å². The molecule has 459 valence electrons. The lowest BCUT2D eigenvalue weighted by molar-refractivity contribution is 0.0515. The van der Waals surface area contributed by atoms with Crippen LogP contribution in [0.4, 0.5) is 0 Å². The van der Waals surface area contributed by atoms with Crippen molar-refractivity contribution in [2.75, 3.05) is 27.3 Å². The van der Waals surface area contributed by atoms with E-state index < -0.39 is 7.12 Å². The monoisotopic (exact) mass is 1280 g/mol. The first-order valence-corrected chi connectivity index (χ1v) is 29.3. The topological polar surface area (TPSA) is 197 Å². The van der Waals surface area contributed by atoms with Crippen LogP contribution in [0.2, 0.25) is 0 Å². The van der Waals surface area contributed by atoms with Gasteiger partial charge in [0, 0.05) is 79.8 Å². The maximum Gasteiger partial charge on any atom is 0.488 e. The summed E-state index contributed by atoms with van der Waals surface area (Å²) >= 11 is 3.32. The predicted octanol–water partition coefficient (Wildman–Crippen LogP) is 14.5. The minimum Gasteiger partial charge on any atom is -0.462 e. The molecule has 1 amide bonds. The molecule has 17 heteroatoms. The van der Waals surface area contributed by atoms with E-state index in [1.165, 1.54) is 49.5 Å². The van der Waals surface area contributed by atoms with Crippen LogP contribution in [-0.2, 0) is 40.6 Å². The average molecular weight is 1280 g/mol. The molecule has 3 radical (unpaired) electrons. The van der Waals surface area contributed by atoms with Crippen molar-refractivity contribution in [1.29, 1.82) is 0 Å². The lowest BCUT2D eigenvalue weighted by Gasteiger charge is -2.09. The van der Waals surface area contributed by atoms with Crippen LogP contribution in [0.15, 0.2) is 219 Å². The number of H-pyrrole nitrogens is 4. The molecule has 8 aromatic carbocycles. The molecule has 0 aliphatic carbocycles. The van der Waals surface area contributed by atoms with E-state index in [4.69, 9.17) is 19.5 Å². The van der Waals surface area contributed by atoms with E-state index in [1.54, 1.807) is 32.2 Å². The van der Waals surface area contributed by atoms with Gasteiger partial charge in [-0.3, -0.25) is 4.79 Å². The zero-order valence-corrected chi connectivity index (χ0v) is 51.5. The fourth-order valence-electron chi connectivity index (χ4n) is 9.78. The highest BCUT2D eigenvalue weighted by Gasteiger charge is 2.15. The summed E-state index contributed by atoms with van der Waals surface area (Å²) in [5.74, 6) is -0.545. The van der Waals surface area contributed by atoms with E-state index >= 15 is 0 Å². The van der Waals surface area contributed by atoms with Crippen molar-refractivity contribution in [1.82, 2.24) is 30.6 Å². The zero-order valence-electron chi connectivity index (χ0n) is 49.1. The summed E-state index contributed by atoms with van der Waals surface area (Å²) in [6.07, 6.45) is 10.1. The number of amides is 1. The second-order valence-electron chi connectivity index (χ2n) is 19.9. The van der Waals surface area contributed by atoms with E-state index in [-0.39, 0.29) is 53.5 Å². The van der Waals surface area contributed by atoms with Gasteiger partial charge in [-0.1, -0.05) is 140 Å². The van der Waals surface area contributed by atoms with Gasteiger partial charge in [0.15, 0.2) is 0 Å². The van der Waals surface area contributed by atoms with Crippen LogP contribution < -0.4 is 16.1 Å². The number of ether oxygens (including phenoxy) is 2. The van der Waals surface area contributed by atoms with E-state index in [2.05, 4.69) is 144 Å². The van der Waals surface area contributed by atoms with Crippen molar-refractivity contribution >= 4 is 111 Å². The van der Waals surface area contributed by atoms with Crippen molar-refractivity contribution in [3.63, 3.8) is 0 Å². The maximum absolute atomic E-state index is 12.0. The van der Waals surface area contributed by atoms with E-state index in [0.717, 1.165) is 70.0 Å². The fourth-order valence-corrected chi connectivity index (χ4v) is 10.3. The Morgan fingerprint density at radius 1 is 0.461 bits per heavy atom. The van der Waals surface area contributed by atoms with Crippen molar-refractivity contribution in [2.24, 2.45) is 0 Å². The molecule has 89 heavy (non-hydrogen) atoms. The molecule has 4 aromatic heterocycles. The van der Waals surface area contributed by atoms with Gasteiger partial charge in [-0.2, -0.15) is 0 Å². The van der Waals surface area contributed by atoms with Gasteiger partial charge in [-0.05, 0) is 197 Å².